The maximum absolute atomic E-state index is 9.84. The van der Waals surface area contributed by atoms with E-state index in [1.807, 2.05) is 0 Å². The summed E-state index contributed by atoms with van der Waals surface area (Å²) in [7, 11) is 0. The minimum absolute atomic E-state index is 0.0976. The first kappa shape index (κ1) is 22.5. The molecule has 0 saturated heterocycles. The summed E-state index contributed by atoms with van der Waals surface area (Å²) in [5, 5.41) is 13.6. The third-order valence-electron chi connectivity index (χ3n) is 5.67. The minimum atomic E-state index is -0.0976. The van der Waals surface area contributed by atoms with Gasteiger partial charge in [0.25, 0.3) is 0 Å². The van der Waals surface area contributed by atoms with Crippen LogP contribution in [0.4, 0.5) is 5.69 Å². The Hall–Kier alpha value is -1.80. The lowest BCUT2D eigenvalue weighted by Gasteiger charge is -2.36. The van der Waals surface area contributed by atoms with E-state index in [-0.39, 0.29) is 12.1 Å². The van der Waals surface area contributed by atoms with E-state index in [4.69, 9.17) is 0 Å². The fraction of sp³-hybridized carbons (Fsp3) is 0.538. The predicted molar refractivity (Wildman–Crippen MR) is 122 cm³/mol. The van der Waals surface area contributed by atoms with Crippen molar-refractivity contribution in [1.29, 1.82) is 0 Å². The monoisotopic (exact) mass is 381 g/mol. The Morgan fingerprint density at radius 3 is 1.89 bits per heavy atom. The van der Waals surface area contributed by atoms with Gasteiger partial charge in [-0.05, 0) is 37.0 Å². The molecule has 0 aliphatic carbocycles. The van der Waals surface area contributed by atoms with Crippen LogP contribution in [0.3, 0.4) is 0 Å². The van der Waals surface area contributed by atoms with Crippen molar-refractivity contribution in [2.45, 2.75) is 83.1 Å². The molecular formula is C26H39NO. The molecule has 2 aromatic carbocycles. The normalized spacial score (nSPS) is 13.2. The molecule has 0 aliphatic heterocycles. The molecule has 2 aromatic rings. The fourth-order valence-corrected chi connectivity index (χ4v) is 4.10. The van der Waals surface area contributed by atoms with Gasteiger partial charge in [-0.2, -0.15) is 0 Å². The van der Waals surface area contributed by atoms with Crippen LogP contribution in [0.25, 0.3) is 0 Å². The molecule has 0 heterocycles. The number of aliphatic hydroxyl groups excluding tert-OH is 1. The van der Waals surface area contributed by atoms with E-state index in [1.54, 1.807) is 0 Å². The van der Waals surface area contributed by atoms with Crippen molar-refractivity contribution < 1.29 is 5.11 Å². The highest BCUT2D eigenvalue weighted by atomic mass is 16.3. The summed E-state index contributed by atoms with van der Waals surface area (Å²) in [6, 6.07) is 21.1. The van der Waals surface area contributed by atoms with Crippen LogP contribution in [0.15, 0.2) is 60.7 Å². The Labute approximate surface area is 172 Å². The number of nitrogens with one attached hydrogen (secondary N) is 1. The van der Waals surface area contributed by atoms with Gasteiger partial charge in [0.2, 0.25) is 0 Å². The number of benzene rings is 2. The molecule has 0 saturated carbocycles. The van der Waals surface area contributed by atoms with Gasteiger partial charge in [0.1, 0.15) is 0 Å². The van der Waals surface area contributed by atoms with Crippen LogP contribution in [0.2, 0.25) is 0 Å². The molecule has 28 heavy (non-hydrogen) atoms. The van der Waals surface area contributed by atoms with E-state index in [0.717, 1.165) is 24.9 Å². The van der Waals surface area contributed by atoms with Gasteiger partial charge in [-0.15, -0.1) is 0 Å². The van der Waals surface area contributed by atoms with Gasteiger partial charge >= 0.3 is 0 Å². The average molecular weight is 382 g/mol. The lowest BCUT2D eigenvalue weighted by molar-refractivity contribution is 0.237. The number of aliphatic hydroxyl groups is 1. The van der Waals surface area contributed by atoms with Crippen LogP contribution in [0.5, 0.6) is 0 Å². The van der Waals surface area contributed by atoms with E-state index in [2.05, 4.69) is 72.9 Å². The third kappa shape index (κ3) is 8.48. The van der Waals surface area contributed by atoms with Crippen LogP contribution in [0, 0.1) is 0 Å². The largest absolute Gasteiger partial charge is 0.396 e. The lowest BCUT2D eigenvalue weighted by Crippen LogP contribution is -2.41. The summed E-state index contributed by atoms with van der Waals surface area (Å²) in [5.41, 5.74) is 2.38. The van der Waals surface area contributed by atoms with Crippen molar-refractivity contribution in [3.8, 4) is 0 Å². The van der Waals surface area contributed by atoms with Gasteiger partial charge in [-0.25, -0.2) is 0 Å². The molecule has 0 fully saturated rings. The molecule has 2 N–H and O–H groups in total. The first-order valence-electron chi connectivity index (χ1n) is 11.3. The van der Waals surface area contributed by atoms with Crippen LogP contribution >= 0.6 is 0 Å². The van der Waals surface area contributed by atoms with Crippen molar-refractivity contribution in [3.05, 3.63) is 66.2 Å². The van der Waals surface area contributed by atoms with Crippen molar-refractivity contribution in [1.82, 2.24) is 0 Å². The quantitative estimate of drug-likeness (QED) is 0.326. The molecule has 2 rings (SSSR count). The second kappa shape index (κ2) is 13.4. The molecular weight excluding hydrogens is 342 g/mol. The standard InChI is InChI=1S/C26H39NO/c1-2-3-4-5-6-7-8-15-20-26(21-22-28,23-24-16-11-9-12-17-24)27-25-18-13-10-14-19-25/h9-14,16-19,27-28H,2-8,15,20-23H2,1H3. The van der Waals surface area contributed by atoms with Crippen LogP contribution in [-0.4, -0.2) is 17.3 Å². The second-order valence-electron chi connectivity index (χ2n) is 8.13. The Morgan fingerprint density at radius 1 is 0.714 bits per heavy atom. The molecule has 0 radical (unpaired) electrons. The smallest absolute Gasteiger partial charge is 0.0453 e. The molecule has 0 aromatic heterocycles. The van der Waals surface area contributed by atoms with Crippen LogP contribution in [-0.2, 0) is 6.42 Å². The number of anilines is 1. The van der Waals surface area contributed by atoms with Crippen molar-refractivity contribution in [3.63, 3.8) is 0 Å². The molecule has 154 valence electrons. The highest BCUT2D eigenvalue weighted by Crippen LogP contribution is 2.29. The molecule has 0 amide bonds. The first-order valence-corrected chi connectivity index (χ1v) is 11.3. The maximum Gasteiger partial charge on any atom is 0.0453 e. The number of para-hydroxylation sites is 1. The van der Waals surface area contributed by atoms with Crippen LogP contribution < -0.4 is 5.32 Å². The van der Waals surface area contributed by atoms with Gasteiger partial charge < -0.3 is 10.4 Å². The lowest BCUT2D eigenvalue weighted by atomic mass is 9.82. The van der Waals surface area contributed by atoms with E-state index in [0.29, 0.717) is 0 Å². The van der Waals surface area contributed by atoms with Gasteiger partial charge in [0.05, 0.1) is 0 Å². The molecule has 1 atom stereocenters. The molecule has 2 nitrogen and oxygen atoms in total. The highest BCUT2D eigenvalue weighted by molar-refractivity contribution is 5.46. The zero-order chi connectivity index (χ0) is 19.9. The van der Waals surface area contributed by atoms with Gasteiger partial charge in [-0.3, -0.25) is 0 Å². The molecule has 0 bridgehead atoms. The second-order valence-corrected chi connectivity index (χ2v) is 8.13. The van der Waals surface area contributed by atoms with E-state index < -0.39 is 0 Å². The fourth-order valence-electron chi connectivity index (χ4n) is 4.10. The maximum atomic E-state index is 9.84. The summed E-state index contributed by atoms with van der Waals surface area (Å²) in [6.45, 7) is 2.48. The van der Waals surface area contributed by atoms with Gasteiger partial charge in [0.15, 0.2) is 0 Å². The predicted octanol–water partition coefficient (Wildman–Crippen LogP) is 6.99. The molecule has 1 unspecified atom stereocenters. The van der Waals surface area contributed by atoms with Crippen molar-refractivity contribution in [2.24, 2.45) is 0 Å². The minimum Gasteiger partial charge on any atom is -0.396 e. The Morgan fingerprint density at radius 2 is 1.29 bits per heavy atom. The molecule has 0 aliphatic rings. The number of hydrogen-bond donors (Lipinski definition) is 2. The summed E-state index contributed by atoms with van der Waals surface area (Å²) in [6.07, 6.45) is 13.4. The SMILES string of the molecule is CCCCCCCCCCC(CCO)(Cc1ccccc1)Nc1ccccc1. The Kier molecular flexibility index (Phi) is 10.8. The Bertz CT molecular complexity index is 569. The number of rotatable bonds is 15. The summed E-state index contributed by atoms with van der Waals surface area (Å²) in [4.78, 5) is 0. The van der Waals surface area contributed by atoms with E-state index in [9.17, 15) is 5.11 Å². The van der Waals surface area contributed by atoms with Gasteiger partial charge in [-0.1, -0.05) is 107 Å². The Balaban J connectivity index is 1.97. The topological polar surface area (TPSA) is 32.3 Å². The number of hydrogen-bond acceptors (Lipinski definition) is 2. The zero-order valence-corrected chi connectivity index (χ0v) is 17.7. The van der Waals surface area contributed by atoms with E-state index >= 15 is 0 Å². The van der Waals surface area contributed by atoms with Crippen molar-refractivity contribution in [2.75, 3.05) is 11.9 Å². The van der Waals surface area contributed by atoms with Gasteiger partial charge in [0, 0.05) is 17.8 Å². The first-order chi connectivity index (χ1) is 13.8. The summed E-state index contributed by atoms with van der Waals surface area (Å²) in [5.74, 6) is 0. The highest BCUT2D eigenvalue weighted by Gasteiger charge is 2.29. The summed E-state index contributed by atoms with van der Waals surface area (Å²) >= 11 is 0. The molecule has 0 spiro atoms. The number of unbranched alkanes of at least 4 members (excludes halogenated alkanes) is 7. The van der Waals surface area contributed by atoms with E-state index in [1.165, 1.54) is 56.9 Å². The molecule has 2 heteroatoms. The zero-order valence-electron chi connectivity index (χ0n) is 17.7. The van der Waals surface area contributed by atoms with Crippen molar-refractivity contribution >= 4 is 5.69 Å². The third-order valence-corrected chi connectivity index (χ3v) is 5.67. The summed E-state index contributed by atoms with van der Waals surface area (Å²) < 4.78 is 0. The van der Waals surface area contributed by atoms with Crippen LogP contribution in [0.1, 0.15) is 76.7 Å². The average Bonchev–Trinajstić information content (AvgIpc) is 2.72.